The molecular weight excluding hydrogens is 328 g/mol. The summed E-state index contributed by atoms with van der Waals surface area (Å²) in [6, 6.07) is 5.59. The summed E-state index contributed by atoms with van der Waals surface area (Å²) in [6.07, 6.45) is 2.52. The number of rotatable bonds is 6. The third kappa shape index (κ3) is 3.68. The molecule has 0 unspecified atom stereocenters. The van der Waals surface area contributed by atoms with E-state index in [1.54, 1.807) is 11.0 Å². The van der Waals surface area contributed by atoms with Gasteiger partial charge in [-0.15, -0.1) is 0 Å². The van der Waals surface area contributed by atoms with Crippen molar-refractivity contribution < 1.29 is 19.0 Å². The molecule has 6 nitrogen and oxygen atoms in total. The van der Waals surface area contributed by atoms with E-state index in [1.807, 2.05) is 25.1 Å². The molecule has 0 spiro atoms. The van der Waals surface area contributed by atoms with Gasteiger partial charge >= 0.3 is 0 Å². The number of nitrogens with one attached hydrogen (secondary N) is 1. The highest BCUT2D eigenvalue weighted by Gasteiger charge is 2.30. The summed E-state index contributed by atoms with van der Waals surface area (Å²) in [5, 5.41) is 3.41. The number of ether oxygens (including phenoxy) is 3. The first-order valence-electron chi connectivity index (χ1n) is 8.01. The summed E-state index contributed by atoms with van der Waals surface area (Å²) in [4.78, 5) is 14.1. The van der Waals surface area contributed by atoms with Crippen LogP contribution in [0.3, 0.4) is 0 Å². The summed E-state index contributed by atoms with van der Waals surface area (Å²) < 4.78 is 16.4. The van der Waals surface area contributed by atoms with Crippen molar-refractivity contribution in [1.82, 2.24) is 10.2 Å². The van der Waals surface area contributed by atoms with Gasteiger partial charge in [0.25, 0.3) is 5.91 Å². The maximum atomic E-state index is 12.5. The Morgan fingerprint density at radius 3 is 2.92 bits per heavy atom. The average Bonchev–Trinajstić information content (AvgIpc) is 2.85. The van der Waals surface area contributed by atoms with E-state index in [0.29, 0.717) is 49.5 Å². The largest absolute Gasteiger partial charge is 0.486 e. The molecule has 24 heavy (non-hydrogen) atoms. The molecule has 0 aromatic heterocycles. The number of benzene rings is 1. The first-order chi connectivity index (χ1) is 11.7. The van der Waals surface area contributed by atoms with Crippen LogP contribution in [0.15, 0.2) is 23.9 Å². The first kappa shape index (κ1) is 16.7. The van der Waals surface area contributed by atoms with Crippen molar-refractivity contribution in [2.75, 3.05) is 33.0 Å². The van der Waals surface area contributed by atoms with Gasteiger partial charge in [-0.25, -0.2) is 0 Å². The minimum absolute atomic E-state index is 0.119. The highest BCUT2D eigenvalue weighted by molar-refractivity contribution is 7.80. The minimum Gasteiger partial charge on any atom is -0.486 e. The maximum Gasteiger partial charge on any atom is 0.276 e. The molecule has 0 radical (unpaired) electrons. The lowest BCUT2D eigenvalue weighted by atomic mass is 10.1. The van der Waals surface area contributed by atoms with Gasteiger partial charge in [0.2, 0.25) is 0 Å². The van der Waals surface area contributed by atoms with Gasteiger partial charge in [-0.05, 0) is 49.3 Å². The van der Waals surface area contributed by atoms with E-state index in [0.717, 1.165) is 17.7 Å². The third-order valence-electron chi connectivity index (χ3n) is 3.71. The molecule has 2 aliphatic rings. The molecule has 1 amide bonds. The van der Waals surface area contributed by atoms with E-state index in [1.165, 1.54) is 0 Å². The molecule has 1 aromatic rings. The van der Waals surface area contributed by atoms with Crippen LogP contribution in [0.25, 0.3) is 6.08 Å². The van der Waals surface area contributed by atoms with Gasteiger partial charge in [-0.1, -0.05) is 6.07 Å². The van der Waals surface area contributed by atoms with E-state index in [-0.39, 0.29) is 5.91 Å². The van der Waals surface area contributed by atoms with Crippen molar-refractivity contribution in [2.45, 2.75) is 13.3 Å². The molecule has 7 heteroatoms. The Hall–Kier alpha value is -2.12. The molecule has 2 heterocycles. The third-order valence-corrected chi connectivity index (χ3v) is 4.04. The SMILES string of the molecule is CCOCCCN1C(=O)C(=Cc2ccc3c(c2)OCCO3)NC1=S. The number of carbonyl (C=O) groups is 1. The Morgan fingerprint density at radius 2 is 2.12 bits per heavy atom. The van der Waals surface area contributed by atoms with Crippen molar-refractivity contribution >= 4 is 29.3 Å². The van der Waals surface area contributed by atoms with Crippen LogP contribution in [0, 0.1) is 0 Å². The lowest BCUT2D eigenvalue weighted by molar-refractivity contribution is -0.122. The quantitative estimate of drug-likeness (QED) is 0.482. The van der Waals surface area contributed by atoms with Crippen LogP contribution in [-0.4, -0.2) is 48.9 Å². The summed E-state index contributed by atoms with van der Waals surface area (Å²) in [5.74, 6) is 1.30. The Morgan fingerprint density at radius 1 is 1.33 bits per heavy atom. The highest BCUT2D eigenvalue weighted by atomic mass is 32.1. The van der Waals surface area contributed by atoms with Gasteiger partial charge in [-0.2, -0.15) is 0 Å². The second-order valence-electron chi connectivity index (χ2n) is 5.40. The van der Waals surface area contributed by atoms with E-state index in [2.05, 4.69) is 5.32 Å². The maximum absolute atomic E-state index is 12.5. The molecule has 1 fully saturated rings. The van der Waals surface area contributed by atoms with Gasteiger partial charge in [-0.3, -0.25) is 9.69 Å². The number of thiocarbonyl (C=S) groups is 1. The fraction of sp³-hybridized carbons (Fsp3) is 0.412. The van der Waals surface area contributed by atoms with Gasteiger partial charge in [0.05, 0.1) is 0 Å². The Labute approximate surface area is 146 Å². The zero-order valence-corrected chi connectivity index (χ0v) is 14.4. The van der Waals surface area contributed by atoms with Crippen molar-refractivity contribution in [2.24, 2.45) is 0 Å². The molecule has 0 aliphatic carbocycles. The van der Waals surface area contributed by atoms with Crippen molar-refractivity contribution in [3.05, 3.63) is 29.5 Å². The number of fused-ring (bicyclic) bond motifs is 1. The fourth-order valence-corrected chi connectivity index (χ4v) is 2.84. The molecule has 1 aromatic carbocycles. The van der Waals surface area contributed by atoms with E-state index >= 15 is 0 Å². The van der Waals surface area contributed by atoms with Gasteiger partial charge in [0, 0.05) is 19.8 Å². The Bertz CT molecular complexity index is 675. The van der Waals surface area contributed by atoms with Crippen LogP contribution in [0.1, 0.15) is 18.9 Å². The normalized spacial score (nSPS) is 18.2. The molecule has 0 saturated carbocycles. The zero-order chi connectivity index (χ0) is 16.9. The molecule has 3 rings (SSSR count). The summed E-state index contributed by atoms with van der Waals surface area (Å²) >= 11 is 5.25. The van der Waals surface area contributed by atoms with Crippen molar-refractivity contribution in [3.63, 3.8) is 0 Å². The van der Waals surface area contributed by atoms with Crippen LogP contribution in [-0.2, 0) is 9.53 Å². The van der Waals surface area contributed by atoms with Gasteiger partial charge < -0.3 is 19.5 Å². The van der Waals surface area contributed by atoms with Crippen LogP contribution < -0.4 is 14.8 Å². The van der Waals surface area contributed by atoms with Gasteiger partial charge in [0.15, 0.2) is 16.6 Å². The number of amides is 1. The average molecular weight is 348 g/mol. The number of nitrogens with zero attached hydrogens (tertiary/aromatic N) is 1. The lowest BCUT2D eigenvalue weighted by Gasteiger charge is -2.18. The second-order valence-corrected chi connectivity index (χ2v) is 5.79. The summed E-state index contributed by atoms with van der Waals surface area (Å²) in [7, 11) is 0. The molecule has 1 saturated heterocycles. The van der Waals surface area contributed by atoms with Crippen molar-refractivity contribution in [1.29, 1.82) is 0 Å². The van der Waals surface area contributed by atoms with Crippen molar-refractivity contribution in [3.8, 4) is 11.5 Å². The fourth-order valence-electron chi connectivity index (χ4n) is 2.56. The predicted molar refractivity (Wildman–Crippen MR) is 94.0 cm³/mol. The second kappa shape index (κ2) is 7.63. The number of hydrogen-bond acceptors (Lipinski definition) is 5. The van der Waals surface area contributed by atoms with Gasteiger partial charge in [0.1, 0.15) is 18.9 Å². The lowest BCUT2D eigenvalue weighted by Crippen LogP contribution is -2.32. The highest BCUT2D eigenvalue weighted by Crippen LogP contribution is 2.31. The van der Waals surface area contributed by atoms with Crippen LogP contribution >= 0.6 is 12.2 Å². The summed E-state index contributed by atoms with van der Waals surface area (Å²) in [6.45, 7) is 4.86. The smallest absolute Gasteiger partial charge is 0.276 e. The minimum atomic E-state index is -0.119. The standard InChI is InChI=1S/C17H20N2O4S/c1-2-21-7-3-6-19-16(20)13(18-17(19)24)10-12-4-5-14-15(11-12)23-9-8-22-14/h4-5,10-11H,2-3,6-9H2,1H3,(H,18,24). The molecule has 128 valence electrons. The molecule has 0 bridgehead atoms. The monoisotopic (exact) mass is 348 g/mol. The summed E-state index contributed by atoms with van der Waals surface area (Å²) in [5.41, 5.74) is 1.32. The van der Waals surface area contributed by atoms with E-state index in [4.69, 9.17) is 26.4 Å². The topological polar surface area (TPSA) is 60.0 Å². The number of carbonyl (C=O) groups excluding carboxylic acids is 1. The van der Waals surface area contributed by atoms with E-state index in [9.17, 15) is 4.79 Å². The van der Waals surface area contributed by atoms with Crippen LogP contribution in [0.4, 0.5) is 0 Å². The number of hydrogen-bond donors (Lipinski definition) is 1. The van der Waals surface area contributed by atoms with Crippen LogP contribution in [0.2, 0.25) is 0 Å². The molecule has 2 aliphatic heterocycles. The van der Waals surface area contributed by atoms with Crippen LogP contribution in [0.5, 0.6) is 11.5 Å². The first-order valence-corrected chi connectivity index (χ1v) is 8.42. The van der Waals surface area contributed by atoms with E-state index < -0.39 is 0 Å². The molecule has 1 N–H and O–H groups in total. The predicted octanol–water partition coefficient (Wildman–Crippen LogP) is 1.94. The molecular formula is C17H20N2O4S. The Balaban J connectivity index is 1.69. The zero-order valence-electron chi connectivity index (χ0n) is 13.5. The molecule has 0 atom stereocenters. The Kier molecular flexibility index (Phi) is 5.32.